The molecule has 1 aromatic carbocycles. The van der Waals surface area contributed by atoms with Gasteiger partial charge in [0.15, 0.2) is 0 Å². The first-order valence-corrected chi connectivity index (χ1v) is 8.23. The van der Waals surface area contributed by atoms with Crippen molar-refractivity contribution in [2.75, 3.05) is 6.54 Å². The van der Waals surface area contributed by atoms with Gasteiger partial charge in [0.25, 0.3) is 11.5 Å². The monoisotopic (exact) mass is 310 g/mol. The van der Waals surface area contributed by atoms with Crippen LogP contribution in [0.2, 0.25) is 0 Å². The first kappa shape index (κ1) is 15.5. The van der Waals surface area contributed by atoms with E-state index in [1.165, 1.54) is 31.0 Å². The number of rotatable bonds is 4. The summed E-state index contributed by atoms with van der Waals surface area (Å²) in [5.41, 5.74) is 1.09. The van der Waals surface area contributed by atoms with Crippen molar-refractivity contribution < 1.29 is 4.79 Å². The summed E-state index contributed by atoms with van der Waals surface area (Å²) >= 11 is 0. The molecule has 23 heavy (non-hydrogen) atoms. The van der Waals surface area contributed by atoms with Crippen LogP contribution in [0.15, 0.2) is 53.5 Å². The normalized spacial score (nSPS) is 16.7. The van der Waals surface area contributed by atoms with Crippen molar-refractivity contribution in [2.45, 2.75) is 37.5 Å². The van der Waals surface area contributed by atoms with E-state index in [4.69, 9.17) is 0 Å². The van der Waals surface area contributed by atoms with E-state index < -0.39 is 0 Å². The second-order valence-electron chi connectivity index (χ2n) is 6.30. The quantitative estimate of drug-likeness (QED) is 0.912. The molecule has 0 bridgehead atoms. The number of nitrogens with one attached hydrogen (secondary N) is 2. The topological polar surface area (TPSA) is 62.0 Å². The number of carbonyl (C=O) groups excluding carboxylic acids is 1. The second kappa shape index (κ2) is 6.82. The van der Waals surface area contributed by atoms with Gasteiger partial charge in [-0.2, -0.15) is 0 Å². The van der Waals surface area contributed by atoms with Crippen LogP contribution in [0.3, 0.4) is 0 Å². The number of aromatic nitrogens is 1. The third kappa shape index (κ3) is 3.36. The van der Waals surface area contributed by atoms with Gasteiger partial charge < -0.3 is 10.3 Å². The van der Waals surface area contributed by atoms with Crippen LogP contribution < -0.4 is 10.9 Å². The van der Waals surface area contributed by atoms with Gasteiger partial charge >= 0.3 is 0 Å². The average molecular weight is 310 g/mol. The zero-order chi connectivity index (χ0) is 16.1. The summed E-state index contributed by atoms with van der Waals surface area (Å²) in [6.07, 6.45) is 7.28. The highest BCUT2D eigenvalue weighted by Gasteiger charge is 2.34. The molecule has 1 saturated carbocycles. The van der Waals surface area contributed by atoms with Crippen molar-refractivity contribution in [3.63, 3.8) is 0 Å². The van der Waals surface area contributed by atoms with E-state index >= 15 is 0 Å². The minimum absolute atomic E-state index is 0.0172. The highest BCUT2D eigenvalue weighted by molar-refractivity contribution is 5.93. The van der Waals surface area contributed by atoms with Crippen LogP contribution >= 0.6 is 0 Å². The fourth-order valence-corrected chi connectivity index (χ4v) is 3.53. The van der Waals surface area contributed by atoms with Crippen molar-refractivity contribution in [3.8, 4) is 0 Å². The van der Waals surface area contributed by atoms with Crippen molar-refractivity contribution in [3.05, 3.63) is 70.1 Å². The lowest BCUT2D eigenvalue weighted by Gasteiger charge is -2.38. The number of aromatic amines is 1. The van der Waals surface area contributed by atoms with Gasteiger partial charge in [0.2, 0.25) is 0 Å². The van der Waals surface area contributed by atoms with E-state index in [2.05, 4.69) is 34.6 Å². The highest BCUT2D eigenvalue weighted by atomic mass is 16.2. The maximum Gasteiger partial charge on any atom is 0.260 e. The molecule has 120 valence electrons. The summed E-state index contributed by atoms with van der Waals surface area (Å²) < 4.78 is 0. The molecule has 1 amide bonds. The van der Waals surface area contributed by atoms with Gasteiger partial charge in [0.1, 0.15) is 5.56 Å². The molecule has 3 rings (SSSR count). The lowest BCUT2D eigenvalue weighted by molar-refractivity contribution is 0.0935. The fourth-order valence-electron chi connectivity index (χ4n) is 3.53. The fraction of sp³-hybridized carbons (Fsp3) is 0.368. The predicted molar refractivity (Wildman–Crippen MR) is 90.6 cm³/mol. The molecule has 0 spiro atoms. The molecule has 2 aromatic rings. The number of hydrogen-bond acceptors (Lipinski definition) is 2. The zero-order valence-corrected chi connectivity index (χ0v) is 13.2. The average Bonchev–Trinajstić information content (AvgIpc) is 2.62. The van der Waals surface area contributed by atoms with Gasteiger partial charge in [0, 0.05) is 18.2 Å². The van der Waals surface area contributed by atoms with Gasteiger partial charge in [-0.25, -0.2) is 0 Å². The Morgan fingerprint density at radius 3 is 2.48 bits per heavy atom. The van der Waals surface area contributed by atoms with E-state index in [0.29, 0.717) is 6.54 Å². The van der Waals surface area contributed by atoms with Crippen LogP contribution in [0.1, 0.15) is 48.0 Å². The number of benzene rings is 1. The molecule has 1 fully saturated rings. The first-order valence-electron chi connectivity index (χ1n) is 8.23. The first-order chi connectivity index (χ1) is 11.2. The summed E-state index contributed by atoms with van der Waals surface area (Å²) in [6.45, 7) is 0.574. The van der Waals surface area contributed by atoms with E-state index in [0.717, 1.165) is 12.8 Å². The number of H-pyrrole nitrogens is 1. The zero-order valence-electron chi connectivity index (χ0n) is 13.2. The third-order valence-electron chi connectivity index (χ3n) is 4.85. The number of amides is 1. The lowest BCUT2D eigenvalue weighted by Crippen LogP contribution is -2.43. The van der Waals surface area contributed by atoms with Crippen LogP contribution in [-0.4, -0.2) is 17.4 Å². The molecule has 4 nitrogen and oxygen atoms in total. The maximum absolute atomic E-state index is 12.4. The molecule has 1 aliphatic rings. The molecule has 0 saturated heterocycles. The lowest BCUT2D eigenvalue weighted by atomic mass is 9.69. The van der Waals surface area contributed by atoms with Gasteiger partial charge in [-0.05, 0) is 30.5 Å². The molecule has 2 N–H and O–H groups in total. The van der Waals surface area contributed by atoms with Crippen LogP contribution in [0, 0.1) is 0 Å². The standard InChI is InChI=1S/C19H22N2O2/c22-17-16(10-7-13-20-17)18(23)21-14-19(11-5-2-6-12-19)15-8-3-1-4-9-15/h1,3-4,7-10,13H,2,5-6,11-12,14H2,(H,20,22)(H,21,23). The van der Waals surface area contributed by atoms with Gasteiger partial charge in [-0.1, -0.05) is 49.6 Å². The Bertz CT molecular complexity index is 715. The smallest absolute Gasteiger partial charge is 0.260 e. The Morgan fingerprint density at radius 2 is 1.78 bits per heavy atom. The van der Waals surface area contributed by atoms with Gasteiger partial charge in [-0.15, -0.1) is 0 Å². The third-order valence-corrected chi connectivity index (χ3v) is 4.85. The molecule has 0 unspecified atom stereocenters. The minimum atomic E-state index is -0.345. The molecule has 1 aliphatic carbocycles. The van der Waals surface area contributed by atoms with Crippen LogP contribution in [0.25, 0.3) is 0 Å². The van der Waals surface area contributed by atoms with E-state index in [9.17, 15) is 9.59 Å². The Kier molecular flexibility index (Phi) is 4.60. The summed E-state index contributed by atoms with van der Waals surface area (Å²) in [5, 5.41) is 2.99. The maximum atomic E-state index is 12.4. The summed E-state index contributed by atoms with van der Waals surface area (Å²) in [6, 6.07) is 13.6. The molecule has 0 atom stereocenters. The van der Waals surface area contributed by atoms with E-state index in [-0.39, 0.29) is 22.4 Å². The molecule has 1 heterocycles. The predicted octanol–water partition coefficient (Wildman–Crippen LogP) is 3.01. The molecule has 1 aromatic heterocycles. The number of pyridine rings is 1. The molecule has 0 aliphatic heterocycles. The molecule has 0 radical (unpaired) electrons. The largest absolute Gasteiger partial charge is 0.351 e. The van der Waals surface area contributed by atoms with Crippen molar-refractivity contribution in [1.82, 2.24) is 10.3 Å². The number of hydrogen-bond donors (Lipinski definition) is 2. The Labute approximate surface area is 135 Å². The molecule has 4 heteroatoms. The summed E-state index contributed by atoms with van der Waals surface area (Å²) in [4.78, 5) is 26.6. The Morgan fingerprint density at radius 1 is 1.04 bits per heavy atom. The van der Waals surface area contributed by atoms with Gasteiger partial charge in [-0.3, -0.25) is 9.59 Å². The minimum Gasteiger partial charge on any atom is -0.351 e. The molecular weight excluding hydrogens is 288 g/mol. The highest BCUT2D eigenvalue weighted by Crippen LogP contribution is 2.38. The Balaban J connectivity index is 1.79. The SMILES string of the molecule is O=C(NCC1(c2ccccc2)CCCCC1)c1ccc[nH]c1=O. The summed E-state index contributed by atoms with van der Waals surface area (Å²) in [7, 11) is 0. The van der Waals surface area contributed by atoms with Crippen LogP contribution in [-0.2, 0) is 5.41 Å². The van der Waals surface area contributed by atoms with E-state index in [1.807, 2.05) is 6.07 Å². The second-order valence-corrected chi connectivity index (χ2v) is 6.30. The van der Waals surface area contributed by atoms with Crippen molar-refractivity contribution >= 4 is 5.91 Å². The number of carbonyl (C=O) groups is 1. The summed E-state index contributed by atoms with van der Waals surface area (Å²) in [5.74, 6) is -0.298. The van der Waals surface area contributed by atoms with Gasteiger partial charge in [0.05, 0.1) is 0 Å². The Hall–Kier alpha value is -2.36. The van der Waals surface area contributed by atoms with E-state index in [1.54, 1.807) is 12.1 Å². The van der Waals surface area contributed by atoms with Crippen LogP contribution in [0.4, 0.5) is 0 Å². The van der Waals surface area contributed by atoms with Crippen molar-refractivity contribution in [2.24, 2.45) is 0 Å². The molecular formula is C19H22N2O2. The van der Waals surface area contributed by atoms with Crippen LogP contribution in [0.5, 0.6) is 0 Å². The van der Waals surface area contributed by atoms with Crippen molar-refractivity contribution in [1.29, 1.82) is 0 Å².